The summed E-state index contributed by atoms with van der Waals surface area (Å²) in [6.07, 6.45) is 3.96. The number of allylic oxidation sites excluding steroid dienone is 1. The van der Waals surface area contributed by atoms with Crippen LogP contribution < -0.4 is 19.7 Å². The largest absolute Gasteiger partial charge is 0.490 e. The smallest absolute Gasteiger partial charge is 0.333 e. The highest BCUT2D eigenvalue weighted by Gasteiger charge is 2.35. The number of rotatable bonds is 8. The summed E-state index contributed by atoms with van der Waals surface area (Å²) in [6, 6.07) is 9.72. The Balaban J connectivity index is 2.00. The Morgan fingerprint density at radius 1 is 1.13 bits per heavy atom. The van der Waals surface area contributed by atoms with Crippen LogP contribution in [0.25, 0.3) is 6.08 Å². The van der Waals surface area contributed by atoms with Crippen LogP contribution in [-0.4, -0.2) is 25.2 Å². The van der Waals surface area contributed by atoms with Crippen molar-refractivity contribution >= 4 is 35.3 Å². The van der Waals surface area contributed by atoms with Crippen LogP contribution in [0.4, 0.5) is 10.5 Å². The predicted octanol–water partition coefficient (Wildman–Crippen LogP) is 4.96. The normalized spacial score (nSPS) is 14.8. The third-order valence-corrected chi connectivity index (χ3v) is 4.60. The molecule has 6 nitrogen and oxygen atoms in total. The van der Waals surface area contributed by atoms with Gasteiger partial charge in [0.1, 0.15) is 5.70 Å². The minimum Gasteiger partial charge on any atom is -0.490 e. The van der Waals surface area contributed by atoms with E-state index in [9.17, 15) is 9.59 Å². The highest BCUT2D eigenvalue weighted by Crippen LogP contribution is 2.35. The minimum absolute atomic E-state index is 0.163. The molecule has 2 aromatic carbocycles. The molecule has 1 aliphatic heterocycles. The van der Waals surface area contributed by atoms with E-state index >= 15 is 0 Å². The van der Waals surface area contributed by atoms with E-state index in [0.717, 1.165) is 10.5 Å². The highest BCUT2D eigenvalue weighted by atomic mass is 35.5. The number of nitrogens with zero attached hydrogens (tertiary/aromatic N) is 1. The quantitative estimate of drug-likeness (QED) is 0.368. The lowest BCUT2D eigenvalue weighted by Crippen LogP contribution is -2.30. The van der Waals surface area contributed by atoms with Crippen LogP contribution in [-0.2, 0) is 11.2 Å². The van der Waals surface area contributed by atoms with Gasteiger partial charge in [-0.2, -0.15) is 0 Å². The summed E-state index contributed by atoms with van der Waals surface area (Å²) in [4.78, 5) is 26.4. The van der Waals surface area contributed by atoms with Gasteiger partial charge in [-0.3, -0.25) is 4.79 Å². The van der Waals surface area contributed by atoms with Crippen molar-refractivity contribution in [2.45, 2.75) is 20.3 Å². The number of carbonyl (C=O) groups excluding carboxylic acids is 2. The number of amides is 3. The summed E-state index contributed by atoms with van der Waals surface area (Å²) in [6.45, 7) is 8.55. The van der Waals surface area contributed by atoms with Crippen LogP contribution in [0.3, 0.4) is 0 Å². The first-order valence-electron chi connectivity index (χ1n) is 9.64. The molecule has 0 saturated carbocycles. The second kappa shape index (κ2) is 9.50. The number of ether oxygens (including phenoxy) is 2. The maximum atomic E-state index is 12.9. The molecule has 1 heterocycles. The first kappa shape index (κ1) is 21.5. The monoisotopic (exact) mass is 426 g/mol. The zero-order chi connectivity index (χ0) is 21.7. The zero-order valence-corrected chi connectivity index (χ0v) is 17.7. The second-order valence-corrected chi connectivity index (χ2v) is 6.91. The lowest BCUT2D eigenvalue weighted by Gasteiger charge is -2.16. The molecule has 0 unspecified atom stereocenters. The van der Waals surface area contributed by atoms with Crippen molar-refractivity contribution in [3.63, 3.8) is 0 Å². The number of imide groups is 1. The van der Waals surface area contributed by atoms with Crippen molar-refractivity contribution in [2.75, 3.05) is 18.1 Å². The van der Waals surface area contributed by atoms with E-state index in [-0.39, 0.29) is 5.70 Å². The number of carbonyl (C=O) groups is 2. The number of anilines is 1. The van der Waals surface area contributed by atoms with E-state index in [1.54, 1.807) is 42.5 Å². The molecule has 156 valence electrons. The van der Waals surface area contributed by atoms with Crippen molar-refractivity contribution in [1.82, 2.24) is 5.32 Å². The average molecular weight is 427 g/mol. The molecule has 30 heavy (non-hydrogen) atoms. The maximum Gasteiger partial charge on any atom is 0.333 e. The molecule has 0 aromatic heterocycles. The summed E-state index contributed by atoms with van der Waals surface area (Å²) in [5.41, 5.74) is 2.15. The molecule has 1 fully saturated rings. The van der Waals surface area contributed by atoms with Gasteiger partial charge in [0.25, 0.3) is 5.91 Å². The summed E-state index contributed by atoms with van der Waals surface area (Å²) in [5, 5.41) is 3.06. The van der Waals surface area contributed by atoms with Gasteiger partial charge in [0, 0.05) is 10.6 Å². The van der Waals surface area contributed by atoms with Gasteiger partial charge >= 0.3 is 6.03 Å². The summed E-state index contributed by atoms with van der Waals surface area (Å²) in [7, 11) is 0. The number of halogens is 1. The van der Waals surface area contributed by atoms with Crippen LogP contribution in [0.1, 0.15) is 25.0 Å². The lowest BCUT2D eigenvalue weighted by atomic mass is 10.0. The first-order valence-corrected chi connectivity index (χ1v) is 10.0. The third-order valence-electron chi connectivity index (χ3n) is 4.36. The Morgan fingerprint density at radius 3 is 2.57 bits per heavy atom. The molecule has 1 aliphatic rings. The van der Waals surface area contributed by atoms with E-state index in [4.69, 9.17) is 21.1 Å². The molecule has 7 heteroatoms. The van der Waals surface area contributed by atoms with Gasteiger partial charge in [-0.05, 0) is 62.2 Å². The van der Waals surface area contributed by atoms with Crippen molar-refractivity contribution in [3.8, 4) is 11.5 Å². The number of hydrogen-bond donors (Lipinski definition) is 1. The molecule has 1 saturated heterocycles. The molecular weight excluding hydrogens is 404 g/mol. The molecule has 1 N–H and O–H groups in total. The van der Waals surface area contributed by atoms with Gasteiger partial charge in [0.05, 0.1) is 18.9 Å². The summed E-state index contributed by atoms with van der Waals surface area (Å²) >= 11 is 6.00. The van der Waals surface area contributed by atoms with Gasteiger partial charge in [-0.1, -0.05) is 23.7 Å². The second-order valence-electron chi connectivity index (χ2n) is 6.47. The Labute approximate surface area is 180 Å². The Morgan fingerprint density at radius 2 is 1.90 bits per heavy atom. The van der Waals surface area contributed by atoms with Crippen molar-refractivity contribution in [2.24, 2.45) is 0 Å². The van der Waals surface area contributed by atoms with E-state index in [2.05, 4.69) is 11.9 Å². The fourth-order valence-corrected chi connectivity index (χ4v) is 3.38. The highest BCUT2D eigenvalue weighted by molar-refractivity contribution is 6.32. The van der Waals surface area contributed by atoms with Gasteiger partial charge in [0.15, 0.2) is 11.5 Å². The van der Waals surface area contributed by atoms with Crippen LogP contribution in [0.5, 0.6) is 11.5 Å². The van der Waals surface area contributed by atoms with Crippen molar-refractivity contribution < 1.29 is 19.1 Å². The first-order chi connectivity index (χ1) is 14.5. The predicted molar refractivity (Wildman–Crippen MR) is 118 cm³/mol. The number of hydrogen-bond acceptors (Lipinski definition) is 4. The molecule has 0 radical (unpaired) electrons. The van der Waals surface area contributed by atoms with Crippen molar-refractivity contribution in [3.05, 3.63) is 70.9 Å². The van der Waals surface area contributed by atoms with Crippen LogP contribution in [0.2, 0.25) is 5.02 Å². The molecule has 2 aromatic rings. The molecule has 0 spiro atoms. The number of benzene rings is 2. The summed E-state index contributed by atoms with van der Waals surface area (Å²) in [5.74, 6) is 0.775. The number of urea groups is 1. The van der Waals surface area contributed by atoms with E-state index in [1.807, 2.05) is 19.9 Å². The average Bonchev–Trinajstić information content (AvgIpc) is 2.98. The Kier molecular flexibility index (Phi) is 6.79. The van der Waals surface area contributed by atoms with Gasteiger partial charge in [-0.25, -0.2) is 9.69 Å². The Bertz CT molecular complexity index is 1020. The van der Waals surface area contributed by atoms with Crippen LogP contribution in [0.15, 0.2) is 54.8 Å². The van der Waals surface area contributed by atoms with Gasteiger partial charge in [0.2, 0.25) is 0 Å². The van der Waals surface area contributed by atoms with Crippen LogP contribution >= 0.6 is 11.6 Å². The fraction of sp³-hybridized carbons (Fsp3) is 0.217. The van der Waals surface area contributed by atoms with Gasteiger partial charge in [-0.15, -0.1) is 6.58 Å². The fourth-order valence-electron chi connectivity index (χ4n) is 3.20. The molecule has 0 bridgehead atoms. The maximum absolute atomic E-state index is 12.9. The lowest BCUT2D eigenvalue weighted by molar-refractivity contribution is -0.113. The van der Waals surface area contributed by atoms with Crippen molar-refractivity contribution in [1.29, 1.82) is 0 Å². The van der Waals surface area contributed by atoms with E-state index in [0.29, 0.717) is 47.4 Å². The van der Waals surface area contributed by atoms with E-state index in [1.165, 1.54) is 0 Å². The molecule has 0 atom stereocenters. The standard InChI is InChI=1S/C23H23ClN2O4/c1-4-8-16-11-15(13-20(29-5-2)21(16)30-6-3)12-19-22(27)26(23(28)25-19)18-10-7-9-17(24)14-18/h4,7,9-14H,1,5-6,8H2,2-3H3,(H,25,28)/b19-12+. The number of nitrogens with one attached hydrogen (secondary N) is 1. The topological polar surface area (TPSA) is 67.9 Å². The molecule has 3 rings (SSSR count). The van der Waals surface area contributed by atoms with Crippen LogP contribution in [0, 0.1) is 0 Å². The molecular formula is C23H23ClN2O4. The third kappa shape index (κ3) is 4.49. The molecule has 3 amide bonds. The summed E-state index contributed by atoms with van der Waals surface area (Å²) < 4.78 is 11.5. The molecule has 0 aliphatic carbocycles. The van der Waals surface area contributed by atoms with Gasteiger partial charge < -0.3 is 14.8 Å². The van der Waals surface area contributed by atoms with E-state index < -0.39 is 11.9 Å². The minimum atomic E-state index is -0.532. The Hall–Kier alpha value is -3.25. The zero-order valence-electron chi connectivity index (χ0n) is 16.9. The SMILES string of the molecule is C=CCc1cc(/C=C2/NC(=O)N(c3cccc(Cl)c3)C2=O)cc(OCC)c1OCC.